The van der Waals surface area contributed by atoms with Crippen molar-refractivity contribution in [3.63, 3.8) is 0 Å². The highest BCUT2D eigenvalue weighted by atomic mass is 19.1. The molecule has 0 amide bonds. The first-order chi connectivity index (χ1) is 16.2. The van der Waals surface area contributed by atoms with Crippen LogP contribution in [0, 0.1) is 11.6 Å². The summed E-state index contributed by atoms with van der Waals surface area (Å²) in [6, 6.07) is 12.2. The van der Waals surface area contributed by atoms with Crippen molar-refractivity contribution in [2.24, 2.45) is 0 Å². The number of aryl methyl sites for hydroxylation is 1. The van der Waals surface area contributed by atoms with Crippen molar-refractivity contribution >= 4 is 5.52 Å². The number of nitrogens with zero attached hydrogens (tertiary/aromatic N) is 7. The molecule has 166 valence electrons. The van der Waals surface area contributed by atoms with E-state index in [9.17, 15) is 13.2 Å². The molecule has 33 heavy (non-hydrogen) atoms. The Morgan fingerprint density at radius 1 is 0.939 bits per heavy atom. The molecule has 3 heterocycles. The molecule has 5 rings (SSSR count). The highest BCUT2D eigenvalue weighted by Crippen LogP contribution is 2.37. The predicted octanol–water partition coefficient (Wildman–Crippen LogP) is 3.88. The van der Waals surface area contributed by atoms with Gasteiger partial charge in [-0.3, -0.25) is 0 Å². The Labute approximate surface area is 185 Å². The maximum absolute atomic E-state index is 14.8. The summed E-state index contributed by atoms with van der Waals surface area (Å²) in [4.78, 5) is 4.08. The molecule has 0 saturated carbocycles. The summed E-state index contributed by atoms with van der Waals surface area (Å²) < 4.78 is 50.7. The van der Waals surface area contributed by atoms with Gasteiger partial charge in [0, 0.05) is 5.56 Å². The second-order valence-electron chi connectivity index (χ2n) is 6.98. The highest BCUT2D eigenvalue weighted by molar-refractivity contribution is 5.85. The van der Waals surface area contributed by atoms with Gasteiger partial charge in [-0.25, -0.2) is 27.4 Å². The minimum absolute atomic E-state index is 0.0231. The lowest BCUT2D eigenvalue weighted by atomic mass is 10.1. The van der Waals surface area contributed by atoms with E-state index >= 15 is 0 Å². The normalized spacial score (nSPS) is 11.2. The van der Waals surface area contributed by atoms with Crippen molar-refractivity contribution in [3.8, 4) is 28.4 Å². The third kappa shape index (κ3) is 3.77. The number of halogens is 3. The summed E-state index contributed by atoms with van der Waals surface area (Å²) in [6.07, 6.45) is 2.69. The minimum atomic E-state index is -0.617. The number of benzene rings is 2. The van der Waals surface area contributed by atoms with E-state index in [1.165, 1.54) is 33.9 Å². The van der Waals surface area contributed by atoms with E-state index in [4.69, 9.17) is 4.74 Å². The second-order valence-corrected chi connectivity index (χ2v) is 6.98. The maximum atomic E-state index is 14.8. The van der Waals surface area contributed by atoms with E-state index in [-0.39, 0.29) is 36.0 Å². The second kappa shape index (κ2) is 8.69. The molecule has 0 unspecified atom stereocenters. The molecule has 0 spiro atoms. The lowest BCUT2D eigenvalue weighted by molar-refractivity contribution is 0.272. The number of fused-ring (bicyclic) bond motifs is 1. The van der Waals surface area contributed by atoms with Gasteiger partial charge in [-0.1, -0.05) is 30.3 Å². The van der Waals surface area contributed by atoms with Crippen LogP contribution in [0.3, 0.4) is 0 Å². The van der Waals surface area contributed by atoms with Crippen LogP contribution in [0.25, 0.3) is 28.0 Å². The molecule has 3 aromatic heterocycles. The Morgan fingerprint density at radius 3 is 2.39 bits per heavy atom. The summed E-state index contributed by atoms with van der Waals surface area (Å²) >= 11 is 0. The quantitative estimate of drug-likeness (QED) is 0.374. The van der Waals surface area contributed by atoms with Crippen LogP contribution in [0.1, 0.15) is 5.82 Å². The molecule has 0 fully saturated rings. The fraction of sp³-hybridized carbons (Fsp3) is 0.136. The third-order valence-electron chi connectivity index (χ3n) is 5.01. The van der Waals surface area contributed by atoms with Crippen molar-refractivity contribution in [1.29, 1.82) is 0 Å². The zero-order chi connectivity index (χ0) is 22.8. The number of aromatic nitrogens is 7. The maximum Gasteiger partial charge on any atom is 0.242 e. The van der Waals surface area contributed by atoms with Crippen LogP contribution in [-0.2, 0) is 13.2 Å². The molecule has 2 aromatic carbocycles. The van der Waals surface area contributed by atoms with Gasteiger partial charge >= 0.3 is 0 Å². The number of ether oxygens (including phenoxy) is 1. The average molecular weight is 451 g/mol. The molecular weight excluding hydrogens is 435 g/mol. The Kier molecular flexibility index (Phi) is 5.43. The fourth-order valence-corrected chi connectivity index (χ4v) is 3.50. The summed E-state index contributed by atoms with van der Waals surface area (Å²) in [5, 5.41) is 16.4. The molecule has 0 atom stereocenters. The molecule has 0 aliphatic heterocycles. The Morgan fingerprint density at radius 2 is 1.67 bits per heavy atom. The van der Waals surface area contributed by atoms with Gasteiger partial charge in [-0.2, -0.15) is 10.2 Å². The number of hydrogen-bond acceptors (Lipinski definition) is 6. The summed E-state index contributed by atoms with van der Waals surface area (Å²) in [5.74, 6) is -0.457. The standard InChI is InChI=1S/C22H16F3N7O/c23-9-10-31-19(26-13-28-31)12-33-22-20(14-5-1-3-7-16(14)24)18-11-27-29-21(32(18)30-22)15-6-2-4-8-17(15)25/h1-8,11,13H,9-10,12H2. The van der Waals surface area contributed by atoms with E-state index < -0.39 is 18.3 Å². The van der Waals surface area contributed by atoms with Gasteiger partial charge < -0.3 is 4.74 Å². The van der Waals surface area contributed by atoms with Gasteiger partial charge in [0.15, 0.2) is 11.6 Å². The highest BCUT2D eigenvalue weighted by Gasteiger charge is 2.23. The van der Waals surface area contributed by atoms with Crippen molar-refractivity contribution in [2.45, 2.75) is 13.2 Å². The first kappa shape index (κ1) is 20.6. The molecule has 11 heteroatoms. The van der Waals surface area contributed by atoms with E-state index in [1.807, 2.05) is 0 Å². The van der Waals surface area contributed by atoms with Gasteiger partial charge in [0.2, 0.25) is 5.88 Å². The molecule has 0 aliphatic carbocycles. The van der Waals surface area contributed by atoms with Crippen LogP contribution in [0.4, 0.5) is 13.2 Å². The first-order valence-electron chi connectivity index (χ1n) is 9.97. The molecule has 8 nitrogen and oxygen atoms in total. The number of alkyl halides is 1. The molecule has 0 bridgehead atoms. The van der Waals surface area contributed by atoms with Gasteiger partial charge in [0.05, 0.1) is 23.9 Å². The fourth-order valence-electron chi connectivity index (χ4n) is 3.50. The predicted molar refractivity (Wildman–Crippen MR) is 112 cm³/mol. The van der Waals surface area contributed by atoms with Gasteiger partial charge in [-0.05, 0) is 18.2 Å². The summed E-state index contributed by atoms with van der Waals surface area (Å²) in [7, 11) is 0. The SMILES string of the molecule is FCCn1ncnc1COc1nn2c(-c3ccccc3F)nncc2c1-c1ccccc1F. The van der Waals surface area contributed by atoms with Crippen molar-refractivity contribution < 1.29 is 17.9 Å². The largest absolute Gasteiger partial charge is 0.468 e. The van der Waals surface area contributed by atoms with Crippen LogP contribution in [0.15, 0.2) is 61.1 Å². The number of hydrogen-bond donors (Lipinski definition) is 0. The van der Waals surface area contributed by atoms with Gasteiger partial charge in [-0.15, -0.1) is 10.2 Å². The average Bonchev–Trinajstić information content (AvgIpc) is 3.42. The van der Waals surface area contributed by atoms with Crippen LogP contribution in [-0.4, -0.2) is 41.3 Å². The zero-order valence-electron chi connectivity index (χ0n) is 17.1. The topological polar surface area (TPSA) is 83.0 Å². The van der Waals surface area contributed by atoms with E-state index in [0.29, 0.717) is 16.9 Å². The third-order valence-corrected chi connectivity index (χ3v) is 5.01. The Bertz CT molecular complexity index is 1430. The molecular formula is C22H16F3N7O. The van der Waals surface area contributed by atoms with Crippen molar-refractivity contribution in [3.05, 3.63) is 78.5 Å². The molecule has 0 aliphatic rings. The Hall–Kier alpha value is -4.28. The molecule has 0 saturated heterocycles. The van der Waals surface area contributed by atoms with Crippen LogP contribution >= 0.6 is 0 Å². The molecule has 5 aromatic rings. The lowest BCUT2D eigenvalue weighted by Crippen LogP contribution is -2.10. The van der Waals surface area contributed by atoms with Crippen molar-refractivity contribution in [2.75, 3.05) is 6.67 Å². The van der Waals surface area contributed by atoms with E-state index in [0.717, 1.165) is 0 Å². The van der Waals surface area contributed by atoms with Crippen LogP contribution in [0.5, 0.6) is 5.88 Å². The Balaban J connectivity index is 1.66. The zero-order valence-corrected chi connectivity index (χ0v) is 17.1. The minimum Gasteiger partial charge on any atom is -0.468 e. The van der Waals surface area contributed by atoms with Gasteiger partial charge in [0.1, 0.15) is 36.8 Å². The smallest absolute Gasteiger partial charge is 0.242 e. The van der Waals surface area contributed by atoms with E-state index in [2.05, 4.69) is 25.4 Å². The monoisotopic (exact) mass is 451 g/mol. The summed E-state index contributed by atoms with van der Waals surface area (Å²) in [5.41, 5.74) is 1.08. The van der Waals surface area contributed by atoms with Crippen molar-refractivity contribution in [1.82, 2.24) is 34.6 Å². The molecule has 0 radical (unpaired) electrons. The summed E-state index contributed by atoms with van der Waals surface area (Å²) in [6.45, 7) is -0.689. The van der Waals surface area contributed by atoms with Gasteiger partial charge in [0.25, 0.3) is 0 Å². The van der Waals surface area contributed by atoms with Crippen LogP contribution in [0.2, 0.25) is 0 Å². The van der Waals surface area contributed by atoms with Crippen LogP contribution < -0.4 is 4.74 Å². The molecule has 0 N–H and O–H groups in total. The first-order valence-corrected chi connectivity index (χ1v) is 9.97. The van der Waals surface area contributed by atoms with E-state index in [1.54, 1.807) is 36.4 Å². The lowest BCUT2D eigenvalue weighted by Gasteiger charge is -2.07. The number of rotatable bonds is 7.